The van der Waals surface area contributed by atoms with Crippen LogP contribution in [0.15, 0.2) is 30.6 Å². The van der Waals surface area contributed by atoms with E-state index in [0.29, 0.717) is 13.2 Å². The molecule has 0 radical (unpaired) electrons. The Morgan fingerprint density at radius 2 is 2.13 bits per heavy atom. The van der Waals surface area contributed by atoms with Crippen molar-refractivity contribution in [2.75, 3.05) is 13.2 Å². The number of nitrogens with zero attached hydrogens (tertiary/aromatic N) is 2. The van der Waals surface area contributed by atoms with Crippen molar-refractivity contribution in [3.8, 4) is 11.5 Å². The zero-order valence-electron chi connectivity index (χ0n) is 19.5. The van der Waals surface area contributed by atoms with Crippen LogP contribution in [0, 0.1) is 5.41 Å². The Kier molecular flexibility index (Phi) is 7.63. The average Bonchev–Trinajstić information content (AvgIpc) is 3.17. The first-order chi connectivity index (χ1) is 14.9. The van der Waals surface area contributed by atoms with Gasteiger partial charge < -0.3 is 18.8 Å². The Hall–Kier alpha value is -2.50. The number of rotatable bonds is 10. The molecule has 170 valence electrons. The van der Waals surface area contributed by atoms with Gasteiger partial charge in [0.05, 0.1) is 24.5 Å². The van der Waals surface area contributed by atoms with Gasteiger partial charge in [-0.15, -0.1) is 0 Å². The smallest absolute Gasteiger partial charge is 0.311 e. The van der Waals surface area contributed by atoms with Gasteiger partial charge in [-0.1, -0.05) is 13.3 Å². The number of aromatic nitrogens is 2. The molecule has 2 aromatic rings. The second kappa shape index (κ2) is 10.2. The maximum Gasteiger partial charge on any atom is 0.311 e. The summed E-state index contributed by atoms with van der Waals surface area (Å²) in [5, 5.41) is 0. The van der Waals surface area contributed by atoms with E-state index in [4.69, 9.17) is 14.2 Å². The summed E-state index contributed by atoms with van der Waals surface area (Å²) in [6.07, 6.45) is 8.45. The molecule has 0 N–H and O–H groups in total. The normalized spacial score (nSPS) is 18.2. The van der Waals surface area contributed by atoms with Gasteiger partial charge in [0.2, 0.25) is 0 Å². The molecular weight excluding hydrogens is 392 g/mol. The third-order valence-corrected chi connectivity index (χ3v) is 6.01. The van der Waals surface area contributed by atoms with E-state index in [1.165, 1.54) is 0 Å². The fourth-order valence-electron chi connectivity index (χ4n) is 4.20. The molecule has 1 aromatic heterocycles. The number of ether oxygens (including phenoxy) is 3. The lowest BCUT2D eigenvalue weighted by molar-refractivity contribution is -0.153. The summed E-state index contributed by atoms with van der Waals surface area (Å²) in [7, 11) is 2.04. The molecule has 2 unspecified atom stereocenters. The molecule has 2 heterocycles. The summed E-state index contributed by atoms with van der Waals surface area (Å²) in [6, 6.07) is 6.08. The van der Waals surface area contributed by atoms with Crippen LogP contribution < -0.4 is 9.47 Å². The van der Waals surface area contributed by atoms with Crippen LogP contribution in [0.25, 0.3) is 0 Å². The fourth-order valence-corrected chi connectivity index (χ4v) is 4.20. The number of carbonyl (C=O) groups excluding carboxylic acids is 1. The van der Waals surface area contributed by atoms with Crippen LogP contribution in [0.3, 0.4) is 0 Å². The van der Waals surface area contributed by atoms with Crippen molar-refractivity contribution in [2.24, 2.45) is 12.5 Å². The van der Waals surface area contributed by atoms with Gasteiger partial charge in [-0.05, 0) is 70.2 Å². The molecule has 0 fully saturated rings. The lowest BCUT2D eigenvalue weighted by Crippen LogP contribution is -2.32. The van der Waals surface area contributed by atoms with E-state index in [1.54, 1.807) is 0 Å². The second-order valence-corrected chi connectivity index (χ2v) is 8.98. The maximum atomic E-state index is 12.0. The van der Waals surface area contributed by atoms with E-state index in [0.717, 1.165) is 55.0 Å². The summed E-state index contributed by atoms with van der Waals surface area (Å²) in [5.74, 6) is 2.93. The maximum absolute atomic E-state index is 12.0. The third-order valence-electron chi connectivity index (χ3n) is 6.01. The van der Waals surface area contributed by atoms with Crippen LogP contribution in [0.4, 0.5) is 0 Å². The standard InChI is InChI=1S/C25H36N2O4/c1-6-9-22-20(23-26-13-14-27(23)5)17-18-16-19(10-11-21(18)31-22)30-15-8-12-25(3,4)24(28)29-7-2/h10-11,13-14,16,20,22H,6-9,12,15,17H2,1-5H3. The zero-order chi connectivity index (χ0) is 22.4. The molecule has 1 aromatic carbocycles. The fraction of sp³-hybridized carbons (Fsp3) is 0.600. The van der Waals surface area contributed by atoms with Crippen molar-refractivity contribution in [1.82, 2.24) is 9.55 Å². The largest absolute Gasteiger partial charge is 0.494 e. The summed E-state index contributed by atoms with van der Waals surface area (Å²) >= 11 is 0. The molecule has 0 spiro atoms. The summed E-state index contributed by atoms with van der Waals surface area (Å²) < 4.78 is 19.6. The molecule has 0 saturated heterocycles. The molecule has 1 aliphatic rings. The number of carbonyl (C=O) groups is 1. The van der Waals surface area contributed by atoms with Crippen LogP contribution in [-0.4, -0.2) is 34.8 Å². The molecule has 2 atom stereocenters. The molecule has 6 nitrogen and oxygen atoms in total. The monoisotopic (exact) mass is 428 g/mol. The highest BCUT2D eigenvalue weighted by atomic mass is 16.5. The van der Waals surface area contributed by atoms with Gasteiger partial charge >= 0.3 is 5.97 Å². The lowest BCUT2D eigenvalue weighted by atomic mass is 9.87. The first kappa shape index (κ1) is 23.2. The van der Waals surface area contributed by atoms with Crippen LogP contribution in [0.5, 0.6) is 11.5 Å². The van der Waals surface area contributed by atoms with Gasteiger partial charge in [-0.2, -0.15) is 0 Å². The molecular formula is C25H36N2O4. The number of hydrogen-bond acceptors (Lipinski definition) is 5. The number of esters is 1. The van der Waals surface area contributed by atoms with Crippen LogP contribution in [0.2, 0.25) is 0 Å². The summed E-state index contributed by atoms with van der Waals surface area (Å²) in [6.45, 7) is 8.84. The van der Waals surface area contributed by atoms with Crippen molar-refractivity contribution >= 4 is 5.97 Å². The Balaban J connectivity index is 1.63. The predicted molar refractivity (Wildman–Crippen MR) is 121 cm³/mol. The number of hydrogen-bond donors (Lipinski definition) is 0. The molecule has 6 heteroatoms. The number of imidazole rings is 1. The highest BCUT2D eigenvalue weighted by Crippen LogP contribution is 2.39. The summed E-state index contributed by atoms with van der Waals surface area (Å²) in [4.78, 5) is 16.6. The Morgan fingerprint density at radius 3 is 2.81 bits per heavy atom. The quantitative estimate of drug-likeness (QED) is 0.391. The molecule has 0 amide bonds. The third kappa shape index (κ3) is 5.60. The molecule has 0 aliphatic carbocycles. The van der Waals surface area contributed by atoms with E-state index in [2.05, 4.69) is 22.5 Å². The van der Waals surface area contributed by atoms with Gasteiger partial charge in [0.25, 0.3) is 0 Å². The van der Waals surface area contributed by atoms with Gasteiger partial charge in [-0.25, -0.2) is 4.98 Å². The van der Waals surface area contributed by atoms with E-state index in [9.17, 15) is 4.79 Å². The van der Waals surface area contributed by atoms with Gasteiger partial charge in [0, 0.05) is 19.4 Å². The van der Waals surface area contributed by atoms with Crippen molar-refractivity contribution in [2.45, 2.75) is 71.8 Å². The molecule has 0 bridgehead atoms. The lowest BCUT2D eigenvalue weighted by Gasteiger charge is -2.33. The van der Waals surface area contributed by atoms with Crippen molar-refractivity contribution in [3.05, 3.63) is 42.0 Å². The molecule has 1 aliphatic heterocycles. The van der Waals surface area contributed by atoms with Crippen molar-refractivity contribution < 1.29 is 19.0 Å². The van der Waals surface area contributed by atoms with E-state index in [1.807, 2.05) is 52.3 Å². The minimum absolute atomic E-state index is 0.135. The summed E-state index contributed by atoms with van der Waals surface area (Å²) in [5.41, 5.74) is 0.664. The molecule has 0 saturated carbocycles. The van der Waals surface area contributed by atoms with Crippen molar-refractivity contribution in [3.63, 3.8) is 0 Å². The Labute approximate surface area is 185 Å². The van der Waals surface area contributed by atoms with Gasteiger partial charge in [-0.3, -0.25) is 4.79 Å². The molecule has 31 heavy (non-hydrogen) atoms. The van der Waals surface area contributed by atoms with Crippen LogP contribution in [-0.2, 0) is 23.0 Å². The molecule has 3 rings (SSSR count). The first-order valence-electron chi connectivity index (χ1n) is 11.4. The van der Waals surface area contributed by atoms with Gasteiger partial charge in [0.1, 0.15) is 23.4 Å². The Morgan fingerprint density at radius 1 is 1.32 bits per heavy atom. The zero-order valence-corrected chi connectivity index (χ0v) is 19.5. The highest BCUT2D eigenvalue weighted by Gasteiger charge is 2.33. The minimum Gasteiger partial charge on any atom is -0.494 e. The predicted octanol–water partition coefficient (Wildman–Crippen LogP) is 5.06. The highest BCUT2D eigenvalue weighted by molar-refractivity contribution is 5.75. The van der Waals surface area contributed by atoms with Crippen LogP contribution >= 0.6 is 0 Å². The van der Waals surface area contributed by atoms with Gasteiger partial charge in [0.15, 0.2) is 0 Å². The SMILES string of the molecule is CCCC1Oc2ccc(OCCCC(C)(C)C(=O)OCC)cc2CC1c1nccn1C. The van der Waals surface area contributed by atoms with Crippen molar-refractivity contribution in [1.29, 1.82) is 0 Å². The number of fused-ring (bicyclic) bond motifs is 1. The average molecular weight is 429 g/mol. The van der Waals surface area contributed by atoms with Crippen LogP contribution in [0.1, 0.15) is 70.7 Å². The van der Waals surface area contributed by atoms with E-state index < -0.39 is 5.41 Å². The minimum atomic E-state index is -0.493. The number of benzene rings is 1. The number of aryl methyl sites for hydroxylation is 1. The topological polar surface area (TPSA) is 62.6 Å². The Bertz CT molecular complexity index is 874. The van der Waals surface area contributed by atoms with E-state index >= 15 is 0 Å². The second-order valence-electron chi connectivity index (χ2n) is 8.98. The first-order valence-corrected chi connectivity index (χ1v) is 11.4. The van der Waals surface area contributed by atoms with E-state index in [-0.39, 0.29) is 18.0 Å².